The molecule has 0 radical (unpaired) electrons. The number of aromatic amines is 1. The van der Waals surface area contributed by atoms with Gasteiger partial charge in [-0.15, -0.1) is 0 Å². The van der Waals surface area contributed by atoms with Gasteiger partial charge in [0.15, 0.2) is 0 Å². The number of carbonyl (C=O) groups excluding carboxylic acids is 3. The fourth-order valence-electron chi connectivity index (χ4n) is 5.86. The molecule has 7 nitrogen and oxygen atoms in total. The summed E-state index contributed by atoms with van der Waals surface area (Å²) >= 11 is 6.25. The highest BCUT2D eigenvalue weighted by atomic mass is 35.5. The number of benzene rings is 3. The molecule has 0 saturated carbocycles. The lowest BCUT2D eigenvalue weighted by Crippen LogP contribution is -2.57. The maximum atomic E-state index is 13.9. The molecule has 4 aromatic rings. The molecule has 3 N–H and O–H groups in total. The summed E-state index contributed by atoms with van der Waals surface area (Å²) in [7, 11) is 0. The number of halogens is 1. The second kappa shape index (κ2) is 9.89. The predicted octanol–water partition coefficient (Wildman–Crippen LogP) is 4.75. The van der Waals surface area contributed by atoms with E-state index in [4.69, 9.17) is 11.6 Å². The van der Waals surface area contributed by atoms with E-state index < -0.39 is 18.1 Å². The zero-order chi connectivity index (χ0) is 27.3. The zero-order valence-corrected chi connectivity index (χ0v) is 22.5. The molecule has 1 unspecified atom stereocenters. The summed E-state index contributed by atoms with van der Waals surface area (Å²) in [6, 6.07) is 20.9. The predicted molar refractivity (Wildman–Crippen MR) is 150 cm³/mol. The van der Waals surface area contributed by atoms with E-state index in [-0.39, 0.29) is 30.2 Å². The van der Waals surface area contributed by atoms with Crippen LogP contribution in [0.1, 0.15) is 52.6 Å². The number of fused-ring (bicyclic) bond motifs is 7. The van der Waals surface area contributed by atoms with Crippen molar-refractivity contribution >= 4 is 40.2 Å². The molecule has 6 rings (SSSR count). The molecular weight excluding hydrogens is 512 g/mol. The molecule has 0 bridgehead atoms. The average Bonchev–Trinajstić information content (AvgIpc) is 3.46. The Kier molecular flexibility index (Phi) is 6.39. The number of H-pyrrole nitrogens is 1. The first-order valence-electron chi connectivity index (χ1n) is 13.2. The van der Waals surface area contributed by atoms with Gasteiger partial charge in [0.05, 0.1) is 6.04 Å². The first-order chi connectivity index (χ1) is 18.8. The van der Waals surface area contributed by atoms with Crippen molar-refractivity contribution in [1.82, 2.24) is 20.5 Å². The largest absolute Gasteiger partial charge is 0.356 e. The standard InChI is InChI=1S/C31H29ClN4O3/c1-17(2)26(30(38)33-16-18-9-3-7-13-23(18)32)35-29(37)25-15-22-19-10-6-8-14-24(19)34-27(22)28-20-11-4-5-12-21(20)31(39)36(25)28/h3-14,17,25-26,28,34H,15-16H2,1-2H3,(H,33,38)(H,35,37)/t25-,26-,28?/m0/s1. The van der Waals surface area contributed by atoms with Crippen molar-refractivity contribution in [2.75, 3.05) is 0 Å². The van der Waals surface area contributed by atoms with Crippen molar-refractivity contribution in [3.63, 3.8) is 0 Å². The smallest absolute Gasteiger partial charge is 0.255 e. The molecule has 3 atom stereocenters. The average molecular weight is 541 g/mol. The molecule has 0 aliphatic carbocycles. The zero-order valence-electron chi connectivity index (χ0n) is 21.7. The van der Waals surface area contributed by atoms with Gasteiger partial charge in [0.1, 0.15) is 12.1 Å². The van der Waals surface area contributed by atoms with Gasteiger partial charge in [0, 0.05) is 40.1 Å². The van der Waals surface area contributed by atoms with Gasteiger partial charge in [0.2, 0.25) is 11.8 Å². The second-order valence-electron chi connectivity index (χ2n) is 10.5. The monoisotopic (exact) mass is 540 g/mol. The molecule has 0 spiro atoms. The number of para-hydroxylation sites is 1. The van der Waals surface area contributed by atoms with Gasteiger partial charge in [-0.3, -0.25) is 14.4 Å². The van der Waals surface area contributed by atoms with E-state index in [0.717, 1.165) is 33.3 Å². The summed E-state index contributed by atoms with van der Waals surface area (Å²) in [6.07, 6.45) is 0.355. The van der Waals surface area contributed by atoms with Crippen molar-refractivity contribution in [3.8, 4) is 0 Å². The van der Waals surface area contributed by atoms with Crippen molar-refractivity contribution < 1.29 is 14.4 Å². The molecular formula is C31H29ClN4O3. The Morgan fingerprint density at radius 3 is 2.54 bits per heavy atom. The summed E-state index contributed by atoms with van der Waals surface area (Å²) < 4.78 is 0. The van der Waals surface area contributed by atoms with E-state index >= 15 is 0 Å². The van der Waals surface area contributed by atoms with Crippen molar-refractivity contribution in [1.29, 1.82) is 0 Å². The first kappa shape index (κ1) is 25.2. The van der Waals surface area contributed by atoms with Crippen molar-refractivity contribution in [2.45, 2.75) is 44.9 Å². The molecule has 3 amide bonds. The summed E-state index contributed by atoms with van der Waals surface area (Å²) in [6.45, 7) is 4.03. The highest BCUT2D eigenvalue weighted by Crippen LogP contribution is 2.46. The lowest BCUT2D eigenvalue weighted by molar-refractivity contribution is -0.133. The number of hydrogen-bond donors (Lipinski definition) is 3. The van der Waals surface area contributed by atoms with Crippen LogP contribution in [-0.4, -0.2) is 39.7 Å². The number of hydrogen-bond acceptors (Lipinski definition) is 3. The lowest BCUT2D eigenvalue weighted by Gasteiger charge is -2.38. The number of aromatic nitrogens is 1. The number of amides is 3. The molecule has 1 aromatic heterocycles. The molecule has 39 heavy (non-hydrogen) atoms. The van der Waals surface area contributed by atoms with Crippen LogP contribution in [0.15, 0.2) is 72.8 Å². The molecule has 3 aromatic carbocycles. The van der Waals surface area contributed by atoms with E-state index in [1.54, 1.807) is 11.0 Å². The van der Waals surface area contributed by atoms with Crippen LogP contribution in [-0.2, 0) is 22.6 Å². The van der Waals surface area contributed by atoms with Crippen LogP contribution in [0.4, 0.5) is 0 Å². The van der Waals surface area contributed by atoms with Crippen LogP contribution < -0.4 is 10.6 Å². The Labute approximate surface area is 231 Å². The Balaban J connectivity index is 1.31. The summed E-state index contributed by atoms with van der Waals surface area (Å²) in [5.41, 5.74) is 5.22. The Bertz CT molecular complexity index is 1610. The van der Waals surface area contributed by atoms with Crippen LogP contribution in [0, 0.1) is 5.92 Å². The number of nitrogens with zero attached hydrogens (tertiary/aromatic N) is 1. The van der Waals surface area contributed by atoms with E-state index in [1.165, 1.54) is 0 Å². The molecule has 3 heterocycles. The lowest BCUT2D eigenvalue weighted by atomic mass is 9.89. The summed E-state index contributed by atoms with van der Waals surface area (Å²) in [5, 5.41) is 7.50. The minimum Gasteiger partial charge on any atom is -0.356 e. The Morgan fingerprint density at radius 2 is 1.74 bits per heavy atom. The Hall–Kier alpha value is -4.10. The minimum atomic E-state index is -0.775. The summed E-state index contributed by atoms with van der Waals surface area (Å²) in [5.74, 6) is -0.989. The van der Waals surface area contributed by atoms with Crippen molar-refractivity contribution in [2.24, 2.45) is 5.92 Å². The van der Waals surface area contributed by atoms with Crippen LogP contribution >= 0.6 is 11.6 Å². The maximum absolute atomic E-state index is 13.9. The second-order valence-corrected chi connectivity index (χ2v) is 10.9. The van der Waals surface area contributed by atoms with Crippen LogP contribution in [0.25, 0.3) is 10.9 Å². The fourth-order valence-corrected chi connectivity index (χ4v) is 6.06. The van der Waals surface area contributed by atoms with Gasteiger partial charge >= 0.3 is 0 Å². The van der Waals surface area contributed by atoms with Gasteiger partial charge in [-0.25, -0.2) is 0 Å². The van der Waals surface area contributed by atoms with Gasteiger partial charge in [-0.2, -0.15) is 0 Å². The van der Waals surface area contributed by atoms with Gasteiger partial charge in [-0.1, -0.05) is 80.0 Å². The first-order valence-corrected chi connectivity index (χ1v) is 13.6. The highest BCUT2D eigenvalue weighted by Gasteiger charge is 2.49. The highest BCUT2D eigenvalue weighted by molar-refractivity contribution is 6.31. The quantitative estimate of drug-likeness (QED) is 0.329. The summed E-state index contributed by atoms with van der Waals surface area (Å²) in [4.78, 5) is 46.0. The topological polar surface area (TPSA) is 94.3 Å². The third kappa shape index (κ3) is 4.27. The van der Waals surface area contributed by atoms with E-state index in [1.807, 2.05) is 80.6 Å². The SMILES string of the molecule is CC(C)[C@H](NC(=O)[C@@H]1Cc2c([nH]c3ccccc23)C2c3ccccc3C(=O)N21)C(=O)NCc1ccccc1Cl. The van der Waals surface area contributed by atoms with E-state index in [0.29, 0.717) is 17.0 Å². The number of nitrogens with one attached hydrogen (secondary N) is 3. The van der Waals surface area contributed by atoms with Crippen LogP contribution in [0.3, 0.4) is 0 Å². The third-order valence-corrected chi connectivity index (χ3v) is 8.18. The Morgan fingerprint density at radius 1 is 1.03 bits per heavy atom. The normalized spacial score (nSPS) is 18.5. The molecule has 2 aliphatic rings. The fraction of sp³-hybridized carbons (Fsp3) is 0.258. The molecule has 0 fully saturated rings. The maximum Gasteiger partial charge on any atom is 0.255 e. The molecule has 198 valence electrons. The molecule has 0 saturated heterocycles. The van der Waals surface area contributed by atoms with Gasteiger partial charge in [0.25, 0.3) is 5.91 Å². The molecule has 2 aliphatic heterocycles. The number of rotatable bonds is 6. The van der Waals surface area contributed by atoms with Crippen molar-refractivity contribution in [3.05, 3.63) is 106 Å². The number of carbonyl (C=O) groups is 3. The minimum absolute atomic E-state index is 0.172. The van der Waals surface area contributed by atoms with Crippen LogP contribution in [0.2, 0.25) is 5.02 Å². The van der Waals surface area contributed by atoms with Crippen LogP contribution in [0.5, 0.6) is 0 Å². The molecule has 8 heteroatoms. The van der Waals surface area contributed by atoms with E-state index in [9.17, 15) is 14.4 Å². The van der Waals surface area contributed by atoms with Gasteiger partial charge in [-0.05, 0) is 40.8 Å². The van der Waals surface area contributed by atoms with Gasteiger partial charge < -0.3 is 20.5 Å². The van der Waals surface area contributed by atoms with E-state index in [2.05, 4.69) is 15.6 Å². The third-order valence-electron chi connectivity index (χ3n) is 7.81.